The summed E-state index contributed by atoms with van der Waals surface area (Å²) >= 11 is 0. The number of alkyl halides is 3. The van der Waals surface area contributed by atoms with E-state index in [0.29, 0.717) is 11.3 Å². The van der Waals surface area contributed by atoms with Gasteiger partial charge in [0, 0.05) is 12.1 Å². The van der Waals surface area contributed by atoms with Gasteiger partial charge in [0.15, 0.2) is 5.75 Å². The highest BCUT2D eigenvalue weighted by Gasteiger charge is 2.34. The zero-order valence-corrected chi connectivity index (χ0v) is 12.8. The summed E-state index contributed by atoms with van der Waals surface area (Å²) in [5.41, 5.74) is 1.00. The van der Waals surface area contributed by atoms with Gasteiger partial charge >= 0.3 is 6.36 Å². The third-order valence-electron chi connectivity index (χ3n) is 3.69. The molecule has 2 N–H and O–H groups in total. The molecule has 3 rings (SSSR count). The first-order valence-corrected chi connectivity index (χ1v) is 7.38. The molecule has 0 radical (unpaired) electrons. The number of ether oxygens (including phenoxy) is 1. The van der Waals surface area contributed by atoms with Crippen LogP contribution in [0, 0.1) is 0 Å². The normalized spacial score (nSPS) is 16.6. The summed E-state index contributed by atoms with van der Waals surface area (Å²) in [6.07, 6.45) is -4.97. The van der Waals surface area contributed by atoms with E-state index >= 15 is 0 Å². The van der Waals surface area contributed by atoms with E-state index in [1.807, 2.05) is 0 Å². The van der Waals surface area contributed by atoms with Crippen LogP contribution in [-0.4, -0.2) is 18.2 Å². The molecule has 0 bridgehead atoms. The Morgan fingerprint density at radius 1 is 1.12 bits per heavy atom. The molecule has 0 spiro atoms. The highest BCUT2D eigenvalue weighted by atomic mass is 19.4. The van der Waals surface area contributed by atoms with Gasteiger partial charge < -0.3 is 15.4 Å². The first-order valence-electron chi connectivity index (χ1n) is 7.38. The van der Waals surface area contributed by atoms with Crippen molar-refractivity contribution in [2.75, 3.05) is 10.6 Å². The Morgan fingerprint density at radius 2 is 1.80 bits per heavy atom. The number of para-hydroxylation sites is 3. The van der Waals surface area contributed by atoms with Crippen LogP contribution in [0.25, 0.3) is 0 Å². The summed E-state index contributed by atoms with van der Waals surface area (Å²) in [6, 6.07) is 12.0. The summed E-state index contributed by atoms with van der Waals surface area (Å²) in [7, 11) is 0. The van der Waals surface area contributed by atoms with Crippen molar-refractivity contribution in [3.05, 3.63) is 54.1 Å². The summed E-state index contributed by atoms with van der Waals surface area (Å²) in [5.74, 6) is -2.24. The van der Waals surface area contributed by atoms with Crippen molar-refractivity contribution in [1.82, 2.24) is 0 Å². The van der Waals surface area contributed by atoms with Crippen molar-refractivity contribution in [2.45, 2.75) is 18.7 Å². The van der Waals surface area contributed by atoms with Crippen LogP contribution in [0.1, 0.15) is 17.9 Å². The van der Waals surface area contributed by atoms with Crippen molar-refractivity contribution in [1.29, 1.82) is 0 Å². The lowest BCUT2D eigenvalue weighted by molar-refractivity contribution is -0.274. The maximum Gasteiger partial charge on any atom is 0.573 e. The monoisotopic (exact) mass is 350 g/mol. The fraction of sp³-hybridized carbons (Fsp3) is 0.176. The van der Waals surface area contributed by atoms with Gasteiger partial charge in [-0.05, 0) is 23.8 Å². The molecule has 25 heavy (non-hydrogen) atoms. The molecule has 1 aliphatic rings. The minimum absolute atomic E-state index is 0.0921. The third kappa shape index (κ3) is 3.90. The quantitative estimate of drug-likeness (QED) is 0.888. The molecule has 1 heterocycles. The van der Waals surface area contributed by atoms with Gasteiger partial charge in [0.05, 0.1) is 11.6 Å². The lowest BCUT2D eigenvalue weighted by atomic mass is 9.90. The Kier molecular flexibility index (Phi) is 4.35. The van der Waals surface area contributed by atoms with E-state index in [-0.39, 0.29) is 18.0 Å². The molecule has 1 atom stereocenters. The Hall–Kier alpha value is -3.03. The standard InChI is InChI=1S/C17H13F3N2O3/c18-17(19,20)25-14-8-4-3-7-13(14)22-16(24)11-9-15(23)21-12-6-2-1-5-10(11)12/h1-8,11H,9H2,(H,21,23)(H,22,24). The van der Waals surface area contributed by atoms with E-state index < -0.39 is 23.9 Å². The van der Waals surface area contributed by atoms with Crippen LogP contribution in [0.2, 0.25) is 0 Å². The molecule has 2 aromatic rings. The van der Waals surface area contributed by atoms with Crippen molar-refractivity contribution in [3.8, 4) is 5.75 Å². The zero-order valence-electron chi connectivity index (χ0n) is 12.8. The second-order valence-corrected chi connectivity index (χ2v) is 5.43. The minimum Gasteiger partial charge on any atom is -0.404 e. The van der Waals surface area contributed by atoms with Gasteiger partial charge in [0.25, 0.3) is 0 Å². The predicted octanol–water partition coefficient (Wildman–Crippen LogP) is 3.65. The summed E-state index contributed by atoms with van der Waals surface area (Å²) in [6.45, 7) is 0. The van der Waals surface area contributed by atoms with Crippen LogP contribution in [0.4, 0.5) is 24.5 Å². The van der Waals surface area contributed by atoms with E-state index in [2.05, 4.69) is 15.4 Å². The molecule has 130 valence electrons. The summed E-state index contributed by atoms with van der Waals surface area (Å²) in [4.78, 5) is 24.3. The minimum atomic E-state index is -4.88. The predicted molar refractivity (Wildman–Crippen MR) is 84.2 cm³/mol. The van der Waals surface area contributed by atoms with Crippen molar-refractivity contribution in [3.63, 3.8) is 0 Å². The van der Waals surface area contributed by atoms with Gasteiger partial charge in [-0.1, -0.05) is 30.3 Å². The molecule has 0 aromatic heterocycles. The second kappa shape index (κ2) is 6.46. The number of hydrogen-bond donors (Lipinski definition) is 2. The van der Waals surface area contributed by atoms with Crippen molar-refractivity contribution in [2.24, 2.45) is 0 Å². The van der Waals surface area contributed by atoms with Crippen LogP contribution in [0.15, 0.2) is 48.5 Å². The zero-order chi connectivity index (χ0) is 18.0. The highest BCUT2D eigenvalue weighted by molar-refractivity contribution is 6.05. The average Bonchev–Trinajstić information content (AvgIpc) is 2.54. The lowest BCUT2D eigenvalue weighted by Gasteiger charge is -2.25. The van der Waals surface area contributed by atoms with E-state index in [1.165, 1.54) is 18.2 Å². The van der Waals surface area contributed by atoms with Crippen LogP contribution in [0.5, 0.6) is 5.75 Å². The Bertz CT molecular complexity index is 821. The first kappa shape index (κ1) is 16.8. The molecule has 2 amide bonds. The van der Waals surface area contributed by atoms with Crippen LogP contribution < -0.4 is 15.4 Å². The largest absolute Gasteiger partial charge is 0.573 e. The second-order valence-electron chi connectivity index (χ2n) is 5.43. The molecule has 0 fully saturated rings. The number of carbonyl (C=O) groups excluding carboxylic acids is 2. The maximum atomic E-state index is 12.6. The molecule has 2 aromatic carbocycles. The van der Waals surface area contributed by atoms with Gasteiger partial charge in [0.1, 0.15) is 0 Å². The number of halogens is 3. The Balaban J connectivity index is 1.85. The molecular weight excluding hydrogens is 337 g/mol. The molecule has 0 saturated heterocycles. The SMILES string of the molecule is O=C1CC(C(=O)Nc2ccccc2OC(F)(F)F)c2ccccc2N1. The lowest BCUT2D eigenvalue weighted by Crippen LogP contribution is -2.31. The van der Waals surface area contributed by atoms with Gasteiger partial charge in [-0.3, -0.25) is 9.59 Å². The first-order chi connectivity index (χ1) is 11.8. The molecule has 0 aliphatic carbocycles. The molecule has 1 aliphatic heterocycles. The molecule has 0 saturated carbocycles. The van der Waals surface area contributed by atoms with Crippen LogP contribution >= 0.6 is 0 Å². The summed E-state index contributed by atoms with van der Waals surface area (Å²) < 4.78 is 41.3. The number of benzene rings is 2. The number of hydrogen-bond acceptors (Lipinski definition) is 3. The smallest absolute Gasteiger partial charge is 0.404 e. The number of anilines is 2. The van der Waals surface area contributed by atoms with E-state index in [9.17, 15) is 22.8 Å². The summed E-state index contributed by atoms with van der Waals surface area (Å²) in [5, 5.41) is 5.08. The topological polar surface area (TPSA) is 67.4 Å². The molecular formula is C17H13F3N2O3. The number of fused-ring (bicyclic) bond motifs is 1. The third-order valence-corrected chi connectivity index (χ3v) is 3.69. The maximum absolute atomic E-state index is 12.6. The number of rotatable bonds is 3. The Morgan fingerprint density at radius 3 is 2.56 bits per heavy atom. The van der Waals surface area contributed by atoms with Crippen LogP contribution in [-0.2, 0) is 9.59 Å². The average molecular weight is 350 g/mol. The number of amides is 2. The van der Waals surface area contributed by atoms with Crippen molar-refractivity contribution >= 4 is 23.2 Å². The molecule has 8 heteroatoms. The van der Waals surface area contributed by atoms with Gasteiger partial charge in [-0.25, -0.2) is 0 Å². The Labute approximate surface area is 140 Å². The molecule has 5 nitrogen and oxygen atoms in total. The van der Waals surface area contributed by atoms with Gasteiger partial charge in [-0.2, -0.15) is 0 Å². The fourth-order valence-corrected chi connectivity index (χ4v) is 2.65. The van der Waals surface area contributed by atoms with Gasteiger partial charge in [-0.15, -0.1) is 13.2 Å². The van der Waals surface area contributed by atoms with E-state index in [0.717, 1.165) is 6.07 Å². The van der Waals surface area contributed by atoms with E-state index in [4.69, 9.17) is 0 Å². The fourth-order valence-electron chi connectivity index (χ4n) is 2.65. The molecule has 1 unspecified atom stereocenters. The van der Waals surface area contributed by atoms with Crippen LogP contribution in [0.3, 0.4) is 0 Å². The highest BCUT2D eigenvalue weighted by Crippen LogP contribution is 2.35. The van der Waals surface area contributed by atoms with Gasteiger partial charge in [0.2, 0.25) is 11.8 Å². The number of carbonyl (C=O) groups is 2. The number of nitrogens with one attached hydrogen (secondary N) is 2. The van der Waals surface area contributed by atoms with Crippen molar-refractivity contribution < 1.29 is 27.5 Å². The van der Waals surface area contributed by atoms with E-state index in [1.54, 1.807) is 24.3 Å².